The summed E-state index contributed by atoms with van der Waals surface area (Å²) in [6, 6.07) is 8.09. The quantitative estimate of drug-likeness (QED) is 0.704. The maximum absolute atomic E-state index is 12.5. The first-order valence-corrected chi connectivity index (χ1v) is 9.71. The Kier molecular flexibility index (Phi) is 4.40. The predicted molar refractivity (Wildman–Crippen MR) is 103 cm³/mol. The largest absolute Gasteiger partial charge is 0.361 e. The number of piperazine rings is 1. The molecule has 0 atom stereocenters. The number of benzene rings is 1. The van der Waals surface area contributed by atoms with E-state index in [0.29, 0.717) is 30.5 Å². The van der Waals surface area contributed by atoms with Gasteiger partial charge in [0.25, 0.3) is 5.91 Å². The Morgan fingerprint density at radius 3 is 2.65 bits per heavy atom. The van der Waals surface area contributed by atoms with Gasteiger partial charge in [0.15, 0.2) is 10.8 Å². The number of amides is 1. The summed E-state index contributed by atoms with van der Waals surface area (Å²) in [5.41, 5.74) is 2.79. The first-order chi connectivity index (χ1) is 12.5. The summed E-state index contributed by atoms with van der Waals surface area (Å²) in [5.74, 6) is 1.05. The van der Waals surface area contributed by atoms with Gasteiger partial charge in [0, 0.05) is 32.2 Å². The van der Waals surface area contributed by atoms with Crippen LogP contribution in [-0.4, -0.2) is 47.1 Å². The van der Waals surface area contributed by atoms with Crippen molar-refractivity contribution in [3.8, 4) is 0 Å². The van der Waals surface area contributed by atoms with Crippen LogP contribution in [0.15, 0.2) is 28.8 Å². The van der Waals surface area contributed by atoms with E-state index in [1.807, 2.05) is 4.90 Å². The molecule has 0 bridgehead atoms. The molecular formula is C19H22N4O2S. The number of aryl methyl sites for hydroxylation is 1. The Balaban J connectivity index is 1.49. The highest BCUT2D eigenvalue weighted by atomic mass is 32.1. The molecule has 0 spiro atoms. The predicted octanol–water partition coefficient (Wildman–Crippen LogP) is 3.68. The maximum Gasteiger partial charge on any atom is 0.276 e. The number of anilines is 1. The minimum absolute atomic E-state index is 0.0621. The smallest absolute Gasteiger partial charge is 0.276 e. The number of hydrogen-bond acceptors (Lipinski definition) is 6. The Morgan fingerprint density at radius 1 is 1.23 bits per heavy atom. The number of aromatic nitrogens is 2. The zero-order valence-electron chi connectivity index (χ0n) is 15.2. The Labute approximate surface area is 156 Å². The lowest BCUT2D eigenvalue weighted by Gasteiger charge is -2.34. The summed E-state index contributed by atoms with van der Waals surface area (Å²) >= 11 is 1.73. The zero-order valence-corrected chi connectivity index (χ0v) is 16.0. The summed E-state index contributed by atoms with van der Waals surface area (Å²) in [4.78, 5) is 21.5. The van der Waals surface area contributed by atoms with Gasteiger partial charge in [0.05, 0.1) is 10.2 Å². The molecular weight excluding hydrogens is 348 g/mol. The topological polar surface area (TPSA) is 62.5 Å². The Bertz CT molecular complexity index is 938. The molecule has 4 rings (SSSR count). The van der Waals surface area contributed by atoms with Crippen LogP contribution >= 0.6 is 11.3 Å². The molecule has 136 valence electrons. The van der Waals surface area contributed by atoms with Gasteiger partial charge in [0.2, 0.25) is 0 Å². The molecule has 2 aromatic heterocycles. The fraction of sp³-hybridized carbons (Fsp3) is 0.421. The third kappa shape index (κ3) is 3.07. The monoisotopic (exact) mass is 370 g/mol. The van der Waals surface area contributed by atoms with E-state index in [-0.39, 0.29) is 5.91 Å². The molecule has 1 fully saturated rings. The fourth-order valence-corrected chi connectivity index (χ4v) is 4.34. The van der Waals surface area contributed by atoms with Crippen LogP contribution in [-0.2, 0) is 0 Å². The van der Waals surface area contributed by atoms with Crippen LogP contribution < -0.4 is 4.90 Å². The van der Waals surface area contributed by atoms with E-state index in [1.165, 1.54) is 10.3 Å². The molecule has 1 saturated heterocycles. The molecule has 3 aromatic rings. The third-order valence-electron chi connectivity index (χ3n) is 4.75. The van der Waals surface area contributed by atoms with Crippen LogP contribution in [0.4, 0.5) is 5.13 Å². The molecule has 0 saturated carbocycles. The first-order valence-electron chi connectivity index (χ1n) is 8.90. The van der Waals surface area contributed by atoms with Crippen molar-refractivity contribution in [1.29, 1.82) is 0 Å². The minimum atomic E-state index is -0.0621. The summed E-state index contributed by atoms with van der Waals surface area (Å²) in [7, 11) is 0. The van der Waals surface area contributed by atoms with Gasteiger partial charge in [-0.05, 0) is 24.5 Å². The van der Waals surface area contributed by atoms with Crippen LogP contribution in [0.5, 0.6) is 0 Å². The molecule has 1 aliphatic heterocycles. The lowest BCUT2D eigenvalue weighted by Crippen LogP contribution is -2.48. The van der Waals surface area contributed by atoms with Gasteiger partial charge in [-0.25, -0.2) is 4.98 Å². The van der Waals surface area contributed by atoms with Crippen LogP contribution in [0.25, 0.3) is 10.2 Å². The molecule has 0 unspecified atom stereocenters. The average molecular weight is 370 g/mol. The molecule has 3 heterocycles. The molecule has 7 heteroatoms. The maximum atomic E-state index is 12.5. The van der Waals surface area contributed by atoms with Crippen molar-refractivity contribution in [2.75, 3.05) is 31.1 Å². The summed E-state index contributed by atoms with van der Waals surface area (Å²) in [6.45, 7) is 9.07. The van der Waals surface area contributed by atoms with Crippen molar-refractivity contribution < 1.29 is 9.32 Å². The number of para-hydroxylation sites is 1. The van der Waals surface area contributed by atoms with Gasteiger partial charge >= 0.3 is 0 Å². The van der Waals surface area contributed by atoms with Crippen molar-refractivity contribution in [3.63, 3.8) is 0 Å². The lowest BCUT2D eigenvalue weighted by atomic mass is 10.0. The molecule has 26 heavy (non-hydrogen) atoms. The van der Waals surface area contributed by atoms with E-state index in [1.54, 1.807) is 24.3 Å². The lowest BCUT2D eigenvalue weighted by molar-refractivity contribution is 0.0736. The normalized spacial score (nSPS) is 15.2. The highest BCUT2D eigenvalue weighted by molar-refractivity contribution is 7.22. The van der Waals surface area contributed by atoms with E-state index in [2.05, 4.69) is 42.1 Å². The van der Waals surface area contributed by atoms with Crippen molar-refractivity contribution in [2.45, 2.75) is 26.7 Å². The second-order valence-electron chi connectivity index (χ2n) is 6.95. The van der Waals surface area contributed by atoms with Crippen molar-refractivity contribution >= 4 is 32.6 Å². The number of nitrogens with zero attached hydrogens (tertiary/aromatic N) is 4. The number of thiazole rings is 1. The molecule has 0 aliphatic carbocycles. The van der Waals surface area contributed by atoms with E-state index in [0.717, 1.165) is 23.7 Å². The SMILES string of the molecule is Cc1cc(C(=O)N2CCN(c3nc4c(C(C)C)cccc4s3)CC2)no1. The van der Waals surface area contributed by atoms with Gasteiger partial charge in [0.1, 0.15) is 5.76 Å². The number of carbonyl (C=O) groups is 1. The molecule has 1 amide bonds. The molecule has 1 aromatic carbocycles. The van der Waals surface area contributed by atoms with Gasteiger partial charge < -0.3 is 14.3 Å². The Hall–Kier alpha value is -2.41. The van der Waals surface area contributed by atoms with Gasteiger partial charge in [-0.3, -0.25) is 4.79 Å². The average Bonchev–Trinajstić information content (AvgIpc) is 3.27. The number of fused-ring (bicyclic) bond motifs is 1. The second kappa shape index (κ2) is 6.72. The Morgan fingerprint density at radius 2 is 2.00 bits per heavy atom. The van der Waals surface area contributed by atoms with Gasteiger partial charge in [-0.2, -0.15) is 0 Å². The van der Waals surface area contributed by atoms with Crippen molar-refractivity contribution in [2.24, 2.45) is 0 Å². The van der Waals surface area contributed by atoms with Gasteiger partial charge in [-0.15, -0.1) is 0 Å². The van der Waals surface area contributed by atoms with Crippen molar-refractivity contribution in [1.82, 2.24) is 15.0 Å². The molecule has 6 nitrogen and oxygen atoms in total. The highest BCUT2D eigenvalue weighted by Gasteiger charge is 2.26. The van der Waals surface area contributed by atoms with Gasteiger partial charge in [-0.1, -0.05) is 42.5 Å². The summed E-state index contributed by atoms with van der Waals surface area (Å²) in [5, 5.41) is 4.87. The summed E-state index contributed by atoms with van der Waals surface area (Å²) < 4.78 is 6.24. The van der Waals surface area contributed by atoms with Crippen molar-refractivity contribution in [3.05, 3.63) is 41.3 Å². The van der Waals surface area contributed by atoms with E-state index in [9.17, 15) is 4.79 Å². The number of carbonyl (C=O) groups excluding carboxylic acids is 1. The van der Waals surface area contributed by atoms with Crippen LogP contribution in [0, 0.1) is 6.92 Å². The number of rotatable bonds is 3. The van der Waals surface area contributed by atoms with Crippen LogP contribution in [0.2, 0.25) is 0 Å². The fourth-order valence-electron chi connectivity index (χ4n) is 3.29. The minimum Gasteiger partial charge on any atom is -0.361 e. The standard InChI is InChI=1S/C19H22N4O2S/c1-12(2)14-5-4-6-16-17(14)20-19(26-16)23-9-7-22(8-10-23)18(24)15-11-13(3)25-21-15/h4-6,11-12H,7-10H2,1-3H3. The molecule has 0 N–H and O–H groups in total. The van der Waals surface area contributed by atoms with E-state index in [4.69, 9.17) is 9.51 Å². The number of hydrogen-bond donors (Lipinski definition) is 0. The zero-order chi connectivity index (χ0) is 18.3. The first kappa shape index (κ1) is 17.0. The van der Waals surface area contributed by atoms with E-state index >= 15 is 0 Å². The molecule has 0 radical (unpaired) electrons. The molecule has 1 aliphatic rings. The highest BCUT2D eigenvalue weighted by Crippen LogP contribution is 2.33. The second-order valence-corrected chi connectivity index (χ2v) is 7.96. The summed E-state index contributed by atoms with van der Waals surface area (Å²) in [6.07, 6.45) is 0. The third-order valence-corrected chi connectivity index (χ3v) is 5.83. The van der Waals surface area contributed by atoms with Crippen LogP contribution in [0.1, 0.15) is 41.6 Å². The van der Waals surface area contributed by atoms with E-state index < -0.39 is 0 Å². The van der Waals surface area contributed by atoms with Crippen LogP contribution in [0.3, 0.4) is 0 Å².